The lowest BCUT2D eigenvalue weighted by Gasteiger charge is -2.21. The molecule has 16 N–H and O–H groups in total. The van der Waals surface area contributed by atoms with Crippen LogP contribution in [-0.2, 0) is 61.6 Å². The van der Waals surface area contributed by atoms with E-state index in [1.165, 1.54) is 0 Å². The van der Waals surface area contributed by atoms with Crippen LogP contribution >= 0.6 is 0 Å². The van der Waals surface area contributed by atoms with Gasteiger partial charge in [-0.2, -0.15) is 0 Å². The number of aliphatic hydroxyl groups excluding tert-OH is 16. The molecule has 29 nitrogen and oxygen atoms in total. The van der Waals surface area contributed by atoms with Crippen LogP contribution in [0.1, 0.15) is 0 Å². The zero-order valence-corrected chi connectivity index (χ0v) is 33.6. The first-order chi connectivity index (χ1) is 30.4. The molecule has 0 aliphatic carbocycles. The Morgan fingerprint density at radius 3 is 0.609 bits per heavy atom. The first kappa shape index (κ1) is 50.7. The van der Waals surface area contributed by atoms with Crippen molar-refractivity contribution in [2.75, 3.05) is 46.2 Å². The van der Waals surface area contributed by atoms with E-state index < -0.39 is 218 Å². The molecule has 0 saturated carbocycles. The smallest absolute Gasteiger partial charge is 0.186 e. The van der Waals surface area contributed by atoms with Crippen molar-refractivity contribution >= 4 is 0 Å². The van der Waals surface area contributed by atoms with Gasteiger partial charge in [0.1, 0.15) is 128 Å². The molecule has 0 amide bonds. The van der Waals surface area contributed by atoms with E-state index in [0.717, 1.165) is 0 Å². The lowest BCUT2D eigenvalue weighted by molar-refractivity contribution is -0.230. The van der Waals surface area contributed by atoms with Gasteiger partial charge < -0.3 is 143 Å². The molecule has 7 aliphatic rings. The first-order valence-electron chi connectivity index (χ1n) is 20.5. The molecule has 0 aromatic carbocycles. The molecule has 0 radical (unpaired) electrons. The van der Waals surface area contributed by atoms with Crippen molar-refractivity contribution in [2.24, 2.45) is 0 Å². The molecule has 0 aromatic heterocycles. The quantitative estimate of drug-likeness (QED) is 0.0572. The first-order valence-corrected chi connectivity index (χ1v) is 20.5. The molecule has 0 bridgehead atoms. The molecular weight excluding hydrogens is 884 g/mol. The lowest BCUT2D eigenvalue weighted by atomic mass is 10.1. The van der Waals surface area contributed by atoms with E-state index >= 15 is 0 Å². The van der Waals surface area contributed by atoms with Crippen LogP contribution in [0.3, 0.4) is 0 Å². The molecule has 28 atom stereocenters. The minimum absolute atomic E-state index is 0.434. The van der Waals surface area contributed by atoms with Gasteiger partial charge in [0.15, 0.2) is 44.0 Å². The second-order valence-corrected chi connectivity index (χ2v) is 16.4. The Morgan fingerprint density at radius 2 is 0.422 bits per heavy atom. The van der Waals surface area contributed by atoms with Crippen LogP contribution in [-0.4, -0.2) is 300 Å². The van der Waals surface area contributed by atoms with Crippen molar-refractivity contribution in [1.82, 2.24) is 0 Å². The average Bonchev–Trinajstić information content (AvgIpc) is 4.09. The Bertz CT molecular complexity index is 1460. The summed E-state index contributed by atoms with van der Waals surface area (Å²) in [6, 6.07) is 0. The second-order valence-electron chi connectivity index (χ2n) is 16.4. The Balaban J connectivity index is 0.801. The molecule has 0 spiro atoms. The average molecular weight is 943 g/mol. The lowest BCUT2D eigenvalue weighted by Crippen LogP contribution is -2.39. The van der Waals surface area contributed by atoms with E-state index in [9.17, 15) is 81.7 Å². The minimum Gasteiger partial charge on any atom is -0.394 e. The summed E-state index contributed by atoms with van der Waals surface area (Å²) >= 11 is 0. The SMILES string of the molecule is OC[C@@H]1O[C@@H](OC[C@@H]2O[C@@H](OC[C@@H]3O[C@@H](OC[C@@H]4O[C@@H](OC[C@@H]5O[C@@H](OC[C@@H]6O[C@@H](OC[C@@H]7OC(O)[C@H](O)[C@H]7O)[C@H](O)[C@H]6O)[C@H](O)[C@H]5O)[C@H](O)[C@H]4O)[C@H](O)[C@H]3O)[C@H](O)[C@H]2O)[C@H](O)[C@H]1O. The minimum atomic E-state index is -1.67. The standard InChI is InChI=1S/C35H58O29/c36-1-8-15(37)23(45)30(59-8)53-3-10-17(39)25(47)32(61-10)55-5-12-19(41)27(49)34(63-12)57-7-14-21(43)28(50)35(64-14)56-6-13-20(42)26(48)33(62-13)54-4-11-18(40)24(46)31(60-11)52-2-9-16(38)22(44)29(51)58-9/h8-51H,1-7H2/t8-,9-,10-,11-,12-,13-,14-,15-,16-,17-,18-,19-,20-,21-,22+,23+,24+,25+,26+,27+,28+,29?,30+,31+,32+,33+,34+,35+/m0/s1. The Labute approximate surface area is 361 Å². The van der Waals surface area contributed by atoms with Crippen molar-refractivity contribution in [1.29, 1.82) is 0 Å². The van der Waals surface area contributed by atoms with E-state index in [2.05, 4.69) is 0 Å². The third-order valence-electron chi connectivity index (χ3n) is 12.0. The molecule has 7 saturated heterocycles. The summed E-state index contributed by atoms with van der Waals surface area (Å²) in [5.74, 6) is 0. The van der Waals surface area contributed by atoms with Crippen molar-refractivity contribution in [3.63, 3.8) is 0 Å². The van der Waals surface area contributed by atoms with Gasteiger partial charge in [-0.3, -0.25) is 0 Å². The molecule has 372 valence electrons. The van der Waals surface area contributed by atoms with Crippen LogP contribution in [0.4, 0.5) is 0 Å². The van der Waals surface area contributed by atoms with Gasteiger partial charge in [0.05, 0.1) is 46.2 Å². The number of rotatable bonds is 19. The largest absolute Gasteiger partial charge is 0.394 e. The maximum absolute atomic E-state index is 10.6. The Hall–Kier alpha value is -1.16. The third-order valence-corrected chi connectivity index (χ3v) is 12.0. The molecule has 64 heavy (non-hydrogen) atoms. The predicted molar refractivity (Wildman–Crippen MR) is 190 cm³/mol. The molecule has 7 heterocycles. The molecule has 7 fully saturated rings. The summed E-state index contributed by atoms with van der Waals surface area (Å²) < 4.78 is 70.6. The molecule has 7 aliphatic heterocycles. The summed E-state index contributed by atoms with van der Waals surface area (Å²) in [7, 11) is 0. The number of aliphatic hydroxyl groups is 16. The number of hydrogen-bond donors (Lipinski definition) is 16. The fourth-order valence-corrected chi connectivity index (χ4v) is 7.96. The highest BCUT2D eigenvalue weighted by Crippen LogP contribution is 2.32. The van der Waals surface area contributed by atoms with E-state index in [1.54, 1.807) is 0 Å². The highest BCUT2D eigenvalue weighted by molar-refractivity contribution is 4.94. The van der Waals surface area contributed by atoms with Gasteiger partial charge in [0, 0.05) is 0 Å². The van der Waals surface area contributed by atoms with Crippen LogP contribution in [0.25, 0.3) is 0 Å². The van der Waals surface area contributed by atoms with Gasteiger partial charge in [-0.15, -0.1) is 0 Å². The van der Waals surface area contributed by atoms with Gasteiger partial charge in [-0.05, 0) is 0 Å². The fourth-order valence-electron chi connectivity index (χ4n) is 7.96. The van der Waals surface area contributed by atoms with Crippen LogP contribution in [0.5, 0.6) is 0 Å². The van der Waals surface area contributed by atoms with Crippen molar-refractivity contribution in [3.05, 3.63) is 0 Å². The van der Waals surface area contributed by atoms with Crippen LogP contribution in [0, 0.1) is 0 Å². The molecular formula is C35H58O29. The highest BCUT2D eigenvalue weighted by Gasteiger charge is 2.52. The molecule has 7 rings (SSSR count). The van der Waals surface area contributed by atoms with E-state index in [4.69, 9.17) is 61.6 Å². The Kier molecular flexibility index (Phi) is 17.1. The van der Waals surface area contributed by atoms with E-state index in [-0.39, 0.29) is 0 Å². The molecule has 1 unspecified atom stereocenters. The summed E-state index contributed by atoms with van der Waals surface area (Å²) in [4.78, 5) is 0. The van der Waals surface area contributed by atoms with Gasteiger partial charge in [-0.1, -0.05) is 0 Å². The third kappa shape index (κ3) is 10.7. The maximum Gasteiger partial charge on any atom is 0.186 e. The van der Waals surface area contributed by atoms with Gasteiger partial charge in [-0.25, -0.2) is 0 Å². The van der Waals surface area contributed by atoms with Crippen molar-refractivity contribution in [2.45, 2.75) is 172 Å². The predicted octanol–water partition coefficient (Wildman–Crippen LogP) is -11.8. The molecule has 0 aromatic rings. The van der Waals surface area contributed by atoms with Crippen LogP contribution in [0.15, 0.2) is 0 Å². The zero-order valence-electron chi connectivity index (χ0n) is 33.6. The van der Waals surface area contributed by atoms with Gasteiger partial charge in [0.2, 0.25) is 0 Å². The highest BCUT2D eigenvalue weighted by atomic mass is 16.8. The summed E-state index contributed by atoms with van der Waals surface area (Å²) in [5, 5.41) is 163. The number of hydrogen-bond acceptors (Lipinski definition) is 29. The van der Waals surface area contributed by atoms with E-state index in [1.807, 2.05) is 0 Å². The van der Waals surface area contributed by atoms with Gasteiger partial charge >= 0.3 is 0 Å². The van der Waals surface area contributed by atoms with Crippen molar-refractivity contribution in [3.8, 4) is 0 Å². The zero-order chi connectivity index (χ0) is 46.3. The number of ether oxygens (including phenoxy) is 13. The summed E-state index contributed by atoms with van der Waals surface area (Å²) in [6.07, 6.45) is -41.2. The van der Waals surface area contributed by atoms with E-state index in [0.29, 0.717) is 0 Å². The van der Waals surface area contributed by atoms with Crippen LogP contribution in [0.2, 0.25) is 0 Å². The maximum atomic E-state index is 10.6. The monoisotopic (exact) mass is 942 g/mol. The normalized spacial score (nSPS) is 53.1. The molecule has 29 heteroatoms. The summed E-state index contributed by atoms with van der Waals surface area (Å²) in [5.41, 5.74) is 0. The second kappa shape index (κ2) is 21.6. The van der Waals surface area contributed by atoms with Gasteiger partial charge in [0.25, 0.3) is 0 Å². The summed E-state index contributed by atoms with van der Waals surface area (Å²) in [6.45, 7) is -3.50. The topological polar surface area (TPSA) is 444 Å². The Morgan fingerprint density at radius 1 is 0.234 bits per heavy atom. The van der Waals surface area contributed by atoms with Crippen LogP contribution < -0.4 is 0 Å². The fraction of sp³-hybridized carbons (Fsp3) is 1.00. The van der Waals surface area contributed by atoms with Crippen molar-refractivity contribution < 1.29 is 143 Å².